The van der Waals surface area contributed by atoms with Crippen molar-refractivity contribution in [1.29, 1.82) is 0 Å². The van der Waals surface area contributed by atoms with Crippen LogP contribution in [0.25, 0.3) is 0 Å². The molecule has 1 saturated heterocycles. The van der Waals surface area contributed by atoms with Crippen LogP contribution in [0, 0.1) is 5.82 Å². The molecule has 22 heavy (non-hydrogen) atoms. The number of nitrogens with zero attached hydrogens (tertiary/aromatic N) is 2. The highest BCUT2D eigenvalue weighted by Gasteiger charge is 2.24. The molecule has 1 atom stereocenters. The number of rotatable bonds is 4. The highest BCUT2D eigenvalue weighted by Crippen LogP contribution is 2.23. The molecular weight excluding hydrogens is 279 g/mol. The molecule has 4 heteroatoms. The van der Waals surface area contributed by atoms with E-state index in [1.54, 1.807) is 29.8 Å². The van der Waals surface area contributed by atoms with Gasteiger partial charge < -0.3 is 4.57 Å². The van der Waals surface area contributed by atoms with Crippen molar-refractivity contribution in [2.24, 2.45) is 7.05 Å². The van der Waals surface area contributed by atoms with E-state index in [0.717, 1.165) is 43.5 Å². The summed E-state index contributed by atoms with van der Waals surface area (Å²) in [6.07, 6.45) is 4.96. The van der Waals surface area contributed by atoms with Crippen LogP contribution >= 0.6 is 0 Å². The number of pyridine rings is 1. The van der Waals surface area contributed by atoms with Crippen LogP contribution in [0.5, 0.6) is 0 Å². The predicted octanol–water partition coefficient (Wildman–Crippen LogP) is 2.73. The Bertz CT molecular complexity index is 710. The minimum atomic E-state index is -0.173. The Morgan fingerprint density at radius 2 is 2.09 bits per heavy atom. The van der Waals surface area contributed by atoms with E-state index in [-0.39, 0.29) is 11.4 Å². The summed E-state index contributed by atoms with van der Waals surface area (Å²) in [6, 6.07) is 11.0. The van der Waals surface area contributed by atoms with Gasteiger partial charge in [-0.05, 0) is 55.1 Å². The van der Waals surface area contributed by atoms with Gasteiger partial charge in [0, 0.05) is 31.9 Å². The van der Waals surface area contributed by atoms with Crippen molar-refractivity contribution >= 4 is 0 Å². The SMILES string of the molecule is Cn1ccc(CN2CCC[C@H]2Cc2cccc(F)c2)cc1=O. The average molecular weight is 300 g/mol. The average Bonchev–Trinajstić information content (AvgIpc) is 2.90. The molecule has 0 bridgehead atoms. The van der Waals surface area contributed by atoms with Crippen molar-refractivity contribution in [2.75, 3.05) is 6.54 Å². The van der Waals surface area contributed by atoms with Gasteiger partial charge in [0.15, 0.2) is 0 Å². The minimum Gasteiger partial charge on any atom is -0.319 e. The highest BCUT2D eigenvalue weighted by molar-refractivity contribution is 5.18. The van der Waals surface area contributed by atoms with Gasteiger partial charge in [-0.15, -0.1) is 0 Å². The Morgan fingerprint density at radius 1 is 1.23 bits per heavy atom. The molecule has 1 fully saturated rings. The maximum atomic E-state index is 13.3. The summed E-state index contributed by atoms with van der Waals surface area (Å²) in [5.74, 6) is -0.173. The first-order valence-electron chi connectivity index (χ1n) is 7.76. The van der Waals surface area contributed by atoms with E-state index < -0.39 is 0 Å². The first-order valence-corrected chi connectivity index (χ1v) is 7.76. The Labute approximate surface area is 130 Å². The third kappa shape index (κ3) is 3.45. The minimum absolute atomic E-state index is 0.0263. The first-order chi connectivity index (χ1) is 10.6. The second-order valence-electron chi connectivity index (χ2n) is 6.08. The lowest BCUT2D eigenvalue weighted by Gasteiger charge is -2.24. The zero-order valence-corrected chi connectivity index (χ0v) is 12.8. The molecule has 0 saturated carbocycles. The molecule has 1 aliphatic rings. The molecule has 0 N–H and O–H groups in total. The summed E-state index contributed by atoms with van der Waals surface area (Å²) < 4.78 is 14.9. The zero-order valence-electron chi connectivity index (χ0n) is 12.8. The summed E-state index contributed by atoms with van der Waals surface area (Å²) in [5, 5.41) is 0. The molecule has 1 aromatic carbocycles. The van der Waals surface area contributed by atoms with Gasteiger partial charge in [-0.1, -0.05) is 12.1 Å². The molecule has 0 radical (unpaired) electrons. The van der Waals surface area contributed by atoms with Crippen molar-refractivity contribution in [1.82, 2.24) is 9.47 Å². The van der Waals surface area contributed by atoms with Gasteiger partial charge in [0.25, 0.3) is 5.56 Å². The maximum absolute atomic E-state index is 13.3. The normalized spacial score (nSPS) is 18.7. The lowest BCUT2D eigenvalue weighted by Crippen LogP contribution is -2.31. The number of halogens is 1. The third-order valence-electron chi connectivity index (χ3n) is 4.41. The van der Waals surface area contributed by atoms with Crippen molar-refractivity contribution in [3.63, 3.8) is 0 Å². The van der Waals surface area contributed by atoms with Crippen molar-refractivity contribution < 1.29 is 4.39 Å². The third-order valence-corrected chi connectivity index (χ3v) is 4.41. The number of likely N-dealkylation sites (tertiary alicyclic amines) is 1. The van der Waals surface area contributed by atoms with Gasteiger partial charge in [-0.3, -0.25) is 9.69 Å². The standard InChI is InChI=1S/C18H21FN2O/c1-20-9-7-15(12-18(20)22)13-21-8-3-6-17(21)11-14-4-2-5-16(19)10-14/h2,4-5,7,9-10,12,17H,3,6,8,11,13H2,1H3/t17-/m0/s1. The molecule has 3 rings (SSSR count). The molecule has 1 aliphatic heterocycles. The van der Waals surface area contributed by atoms with Crippen LogP contribution in [-0.4, -0.2) is 22.1 Å². The highest BCUT2D eigenvalue weighted by atomic mass is 19.1. The fraction of sp³-hybridized carbons (Fsp3) is 0.389. The monoisotopic (exact) mass is 300 g/mol. The number of hydrogen-bond acceptors (Lipinski definition) is 2. The van der Waals surface area contributed by atoms with Gasteiger partial charge in [-0.2, -0.15) is 0 Å². The summed E-state index contributed by atoms with van der Waals surface area (Å²) in [7, 11) is 1.76. The molecule has 2 heterocycles. The van der Waals surface area contributed by atoms with Crippen LogP contribution in [0.3, 0.4) is 0 Å². The molecule has 0 amide bonds. The van der Waals surface area contributed by atoms with E-state index in [1.807, 2.05) is 18.3 Å². The van der Waals surface area contributed by atoms with Crippen LogP contribution in [0.1, 0.15) is 24.0 Å². The van der Waals surface area contributed by atoms with E-state index in [9.17, 15) is 9.18 Å². The zero-order chi connectivity index (χ0) is 15.5. The molecule has 0 aliphatic carbocycles. The van der Waals surface area contributed by atoms with Gasteiger partial charge >= 0.3 is 0 Å². The number of hydrogen-bond donors (Lipinski definition) is 0. The summed E-state index contributed by atoms with van der Waals surface area (Å²) in [5.41, 5.74) is 2.12. The fourth-order valence-electron chi connectivity index (χ4n) is 3.19. The summed E-state index contributed by atoms with van der Waals surface area (Å²) in [6.45, 7) is 1.82. The van der Waals surface area contributed by atoms with Gasteiger partial charge in [-0.25, -0.2) is 4.39 Å². The Kier molecular flexibility index (Phi) is 4.39. The molecule has 2 aromatic rings. The van der Waals surface area contributed by atoms with E-state index in [0.29, 0.717) is 6.04 Å². The van der Waals surface area contributed by atoms with Crippen LogP contribution in [0.15, 0.2) is 47.4 Å². The fourth-order valence-corrected chi connectivity index (χ4v) is 3.19. The molecule has 116 valence electrons. The Morgan fingerprint density at radius 3 is 2.86 bits per heavy atom. The van der Waals surface area contributed by atoms with Crippen LogP contribution in [-0.2, 0) is 20.0 Å². The quantitative estimate of drug-likeness (QED) is 0.867. The van der Waals surface area contributed by atoms with E-state index >= 15 is 0 Å². The van der Waals surface area contributed by atoms with Crippen molar-refractivity contribution in [3.05, 3.63) is 69.9 Å². The van der Waals surface area contributed by atoms with Gasteiger partial charge in [0.1, 0.15) is 5.82 Å². The number of benzene rings is 1. The summed E-state index contributed by atoms with van der Waals surface area (Å²) in [4.78, 5) is 14.1. The maximum Gasteiger partial charge on any atom is 0.250 e. The first kappa shape index (κ1) is 15.0. The summed E-state index contributed by atoms with van der Waals surface area (Å²) >= 11 is 0. The van der Waals surface area contributed by atoms with Gasteiger partial charge in [0.05, 0.1) is 0 Å². The van der Waals surface area contributed by atoms with E-state index in [1.165, 1.54) is 6.07 Å². The second-order valence-corrected chi connectivity index (χ2v) is 6.08. The molecule has 1 aromatic heterocycles. The molecule has 0 unspecified atom stereocenters. The van der Waals surface area contributed by atoms with Crippen molar-refractivity contribution in [2.45, 2.75) is 31.8 Å². The Balaban J connectivity index is 1.70. The number of aromatic nitrogens is 1. The topological polar surface area (TPSA) is 25.2 Å². The number of aryl methyl sites for hydroxylation is 1. The van der Waals surface area contributed by atoms with E-state index in [4.69, 9.17) is 0 Å². The molecular formula is C18H21FN2O. The van der Waals surface area contributed by atoms with Crippen LogP contribution < -0.4 is 5.56 Å². The smallest absolute Gasteiger partial charge is 0.250 e. The predicted molar refractivity (Wildman–Crippen MR) is 85.2 cm³/mol. The molecule has 0 spiro atoms. The Hall–Kier alpha value is -1.94. The lowest BCUT2D eigenvalue weighted by molar-refractivity contribution is 0.243. The molecule has 3 nitrogen and oxygen atoms in total. The lowest BCUT2D eigenvalue weighted by atomic mass is 10.0. The van der Waals surface area contributed by atoms with E-state index in [2.05, 4.69) is 4.90 Å². The van der Waals surface area contributed by atoms with Crippen LogP contribution in [0.4, 0.5) is 4.39 Å². The second kappa shape index (κ2) is 6.44. The van der Waals surface area contributed by atoms with Crippen LogP contribution in [0.2, 0.25) is 0 Å². The van der Waals surface area contributed by atoms with Gasteiger partial charge in [0.2, 0.25) is 0 Å². The largest absolute Gasteiger partial charge is 0.319 e. The van der Waals surface area contributed by atoms with Crippen molar-refractivity contribution in [3.8, 4) is 0 Å².